The number of carbonyl (C=O) groups is 1. The minimum Gasteiger partial charge on any atom is -0.461 e. The minimum absolute atomic E-state index is 0.0922. The number of ether oxygens (including phenoxy) is 3. The predicted octanol–water partition coefficient (Wildman–Crippen LogP) is 1.12. The maximum Gasteiger partial charge on any atom is 0.358 e. The number of fused-ring (bicyclic) bond motifs is 1. The van der Waals surface area contributed by atoms with Gasteiger partial charge in [0.2, 0.25) is 6.79 Å². The van der Waals surface area contributed by atoms with Crippen LogP contribution in [0.1, 0.15) is 17.4 Å². The van der Waals surface area contributed by atoms with E-state index in [1.165, 1.54) is 12.1 Å². The Labute approximate surface area is 131 Å². The topological polar surface area (TPSA) is 120 Å². The molecule has 0 saturated heterocycles. The molecule has 0 aliphatic carbocycles. The van der Waals surface area contributed by atoms with Crippen molar-refractivity contribution in [2.24, 2.45) is 0 Å². The van der Waals surface area contributed by atoms with Crippen LogP contribution in [-0.4, -0.2) is 38.0 Å². The van der Waals surface area contributed by atoms with Crippen molar-refractivity contribution < 1.29 is 27.4 Å². The van der Waals surface area contributed by atoms with Crippen molar-refractivity contribution in [3.63, 3.8) is 0 Å². The molecule has 0 bridgehead atoms. The number of carbonyl (C=O) groups excluding carboxylic acids is 1. The molecule has 9 nitrogen and oxygen atoms in total. The number of nitrogens with one attached hydrogen (secondary N) is 2. The lowest BCUT2D eigenvalue weighted by Crippen LogP contribution is -2.13. The third-order valence-electron chi connectivity index (χ3n) is 2.95. The molecule has 1 aliphatic heterocycles. The van der Waals surface area contributed by atoms with E-state index in [0.717, 1.165) is 6.07 Å². The first-order chi connectivity index (χ1) is 11.0. The van der Waals surface area contributed by atoms with Gasteiger partial charge in [-0.25, -0.2) is 4.79 Å². The highest BCUT2D eigenvalue weighted by Gasteiger charge is 2.22. The van der Waals surface area contributed by atoms with E-state index in [1.54, 1.807) is 13.0 Å². The van der Waals surface area contributed by atoms with Crippen LogP contribution in [0.25, 0.3) is 0 Å². The van der Waals surface area contributed by atoms with E-state index >= 15 is 0 Å². The number of H-pyrrole nitrogens is 1. The van der Waals surface area contributed by atoms with E-state index in [0.29, 0.717) is 17.2 Å². The van der Waals surface area contributed by atoms with E-state index in [1.807, 2.05) is 0 Å². The summed E-state index contributed by atoms with van der Waals surface area (Å²) in [5.74, 6) is 0.286. The number of benzene rings is 1. The van der Waals surface area contributed by atoms with Crippen LogP contribution in [0.5, 0.6) is 11.5 Å². The number of anilines is 1. The summed E-state index contributed by atoms with van der Waals surface area (Å²) in [5.41, 5.74) is 0.180. The lowest BCUT2D eigenvalue weighted by molar-refractivity contribution is 0.0519. The Kier molecular flexibility index (Phi) is 3.82. The fourth-order valence-corrected chi connectivity index (χ4v) is 2.90. The van der Waals surface area contributed by atoms with Crippen LogP contribution in [0.2, 0.25) is 0 Å². The molecule has 2 N–H and O–H groups in total. The molecule has 0 saturated carbocycles. The van der Waals surface area contributed by atoms with Gasteiger partial charge >= 0.3 is 5.97 Å². The van der Waals surface area contributed by atoms with Gasteiger partial charge in [-0.2, -0.15) is 13.5 Å². The summed E-state index contributed by atoms with van der Waals surface area (Å²) >= 11 is 0. The van der Waals surface area contributed by atoms with Gasteiger partial charge in [0.25, 0.3) is 10.0 Å². The average molecular weight is 339 g/mol. The smallest absolute Gasteiger partial charge is 0.358 e. The molecule has 2 aromatic rings. The summed E-state index contributed by atoms with van der Waals surface area (Å²) in [6, 6.07) is 5.74. The predicted molar refractivity (Wildman–Crippen MR) is 77.9 cm³/mol. The van der Waals surface area contributed by atoms with E-state index in [-0.39, 0.29) is 24.1 Å². The molecule has 1 aromatic heterocycles. The van der Waals surface area contributed by atoms with Gasteiger partial charge < -0.3 is 14.2 Å². The summed E-state index contributed by atoms with van der Waals surface area (Å²) in [6.07, 6.45) is 0. The largest absolute Gasteiger partial charge is 0.461 e. The molecule has 1 aliphatic rings. The monoisotopic (exact) mass is 339 g/mol. The molecule has 0 unspecified atom stereocenters. The van der Waals surface area contributed by atoms with Crippen LogP contribution >= 0.6 is 0 Å². The molecule has 23 heavy (non-hydrogen) atoms. The van der Waals surface area contributed by atoms with Gasteiger partial charge in [0, 0.05) is 12.1 Å². The number of hydrogen-bond acceptors (Lipinski definition) is 7. The Bertz CT molecular complexity index is 845. The Morgan fingerprint density at radius 2 is 2.13 bits per heavy atom. The SMILES string of the molecule is CCOC(=O)c1cc(S(=O)(=O)Nc2ccc3c(c2)OCO3)[nH]n1. The standard InChI is InChI=1S/C13H13N3O6S/c1-2-20-13(17)9-6-12(15-14-9)23(18,19)16-8-3-4-10-11(5-8)22-7-21-10/h3-6,16H,2,7H2,1H3,(H,14,15). The average Bonchev–Trinajstić information content (AvgIpc) is 3.16. The lowest BCUT2D eigenvalue weighted by atomic mass is 10.3. The van der Waals surface area contributed by atoms with Gasteiger partial charge in [-0.15, -0.1) is 0 Å². The van der Waals surface area contributed by atoms with Crippen molar-refractivity contribution in [3.05, 3.63) is 30.0 Å². The van der Waals surface area contributed by atoms with Crippen LogP contribution in [0.4, 0.5) is 5.69 Å². The first-order valence-corrected chi connectivity index (χ1v) is 8.13. The molecule has 2 heterocycles. The molecule has 0 radical (unpaired) electrons. The number of hydrogen-bond donors (Lipinski definition) is 2. The summed E-state index contributed by atoms with van der Waals surface area (Å²) in [4.78, 5) is 11.5. The van der Waals surface area contributed by atoms with Crippen LogP contribution < -0.4 is 14.2 Å². The van der Waals surface area contributed by atoms with Crippen molar-refractivity contribution in [2.75, 3.05) is 18.1 Å². The maximum absolute atomic E-state index is 12.3. The maximum atomic E-state index is 12.3. The van der Waals surface area contributed by atoms with Crippen LogP contribution in [-0.2, 0) is 14.8 Å². The molecule has 3 rings (SSSR count). The third kappa shape index (κ3) is 3.06. The van der Waals surface area contributed by atoms with Crippen LogP contribution in [0.15, 0.2) is 29.3 Å². The zero-order chi connectivity index (χ0) is 16.4. The normalized spacial score (nSPS) is 12.9. The van der Waals surface area contributed by atoms with Crippen LogP contribution in [0, 0.1) is 0 Å². The minimum atomic E-state index is -3.93. The van der Waals surface area contributed by atoms with Crippen molar-refractivity contribution in [2.45, 2.75) is 11.9 Å². The molecule has 1 aromatic carbocycles. The number of esters is 1. The highest BCUT2D eigenvalue weighted by atomic mass is 32.2. The Hall–Kier alpha value is -2.75. The van der Waals surface area contributed by atoms with Gasteiger partial charge in [0.1, 0.15) is 0 Å². The third-order valence-corrected chi connectivity index (χ3v) is 4.25. The number of aromatic amines is 1. The number of rotatable bonds is 5. The number of nitrogens with zero attached hydrogens (tertiary/aromatic N) is 1. The molecule has 122 valence electrons. The Balaban J connectivity index is 1.80. The molecule has 0 fully saturated rings. The fraction of sp³-hybridized carbons (Fsp3) is 0.231. The van der Waals surface area contributed by atoms with Gasteiger partial charge in [-0.05, 0) is 19.1 Å². The summed E-state index contributed by atoms with van der Waals surface area (Å²) in [6.45, 7) is 1.90. The van der Waals surface area contributed by atoms with E-state index in [9.17, 15) is 13.2 Å². The van der Waals surface area contributed by atoms with Gasteiger partial charge in [0.15, 0.2) is 22.2 Å². The summed E-state index contributed by atoms with van der Waals surface area (Å²) < 4.78 is 42.0. The van der Waals surface area contributed by atoms with Crippen molar-refractivity contribution in [1.29, 1.82) is 0 Å². The second-order valence-corrected chi connectivity index (χ2v) is 6.16. The van der Waals surface area contributed by atoms with E-state index < -0.39 is 16.0 Å². The number of aromatic nitrogens is 2. The van der Waals surface area contributed by atoms with Gasteiger partial charge in [-0.1, -0.05) is 0 Å². The molecule has 10 heteroatoms. The quantitative estimate of drug-likeness (QED) is 0.783. The first-order valence-electron chi connectivity index (χ1n) is 6.64. The van der Waals surface area contributed by atoms with Crippen molar-refractivity contribution in [3.8, 4) is 11.5 Å². The Morgan fingerprint density at radius 1 is 1.35 bits per heavy atom. The first kappa shape index (κ1) is 15.2. The van der Waals surface area contributed by atoms with Crippen molar-refractivity contribution in [1.82, 2.24) is 10.2 Å². The second kappa shape index (κ2) is 5.80. The van der Waals surface area contributed by atoms with Gasteiger partial charge in [-0.3, -0.25) is 9.82 Å². The lowest BCUT2D eigenvalue weighted by Gasteiger charge is -2.06. The summed E-state index contributed by atoms with van der Waals surface area (Å²) in [5, 5.41) is 5.69. The fourth-order valence-electron chi connectivity index (χ4n) is 1.92. The zero-order valence-electron chi connectivity index (χ0n) is 12.0. The molecule has 0 spiro atoms. The summed E-state index contributed by atoms with van der Waals surface area (Å²) in [7, 11) is -3.93. The van der Waals surface area contributed by atoms with E-state index in [4.69, 9.17) is 14.2 Å². The number of sulfonamides is 1. The molecular formula is C13H13N3O6S. The van der Waals surface area contributed by atoms with Gasteiger partial charge in [0.05, 0.1) is 12.3 Å². The highest BCUT2D eigenvalue weighted by Crippen LogP contribution is 2.34. The second-order valence-electron chi connectivity index (χ2n) is 4.51. The molecule has 0 amide bonds. The highest BCUT2D eigenvalue weighted by molar-refractivity contribution is 7.92. The van der Waals surface area contributed by atoms with Crippen molar-refractivity contribution >= 4 is 21.7 Å². The molecular weight excluding hydrogens is 326 g/mol. The van der Waals surface area contributed by atoms with Crippen LogP contribution in [0.3, 0.4) is 0 Å². The molecule has 0 atom stereocenters. The Morgan fingerprint density at radius 3 is 2.91 bits per heavy atom. The zero-order valence-corrected chi connectivity index (χ0v) is 12.8. The van der Waals surface area contributed by atoms with E-state index in [2.05, 4.69) is 14.9 Å².